The van der Waals surface area contributed by atoms with Gasteiger partial charge in [-0.05, 0) is 31.5 Å². The highest BCUT2D eigenvalue weighted by Crippen LogP contribution is 2.19. The van der Waals surface area contributed by atoms with E-state index in [1.165, 1.54) is 19.1 Å². The number of hydrogen-bond acceptors (Lipinski definition) is 4. The number of sulfonamides is 1. The molecule has 1 aromatic rings. The lowest BCUT2D eigenvalue weighted by Gasteiger charge is -2.12. The van der Waals surface area contributed by atoms with Crippen LogP contribution in [0.15, 0.2) is 23.1 Å². The maximum Gasteiger partial charge on any atom is 0.321 e. The molecule has 0 aliphatic rings. The Morgan fingerprint density at radius 2 is 2.06 bits per heavy atom. The van der Waals surface area contributed by atoms with E-state index in [-0.39, 0.29) is 10.6 Å². The number of anilines is 1. The molecule has 94 valence electrons. The van der Waals surface area contributed by atoms with E-state index < -0.39 is 22.0 Å². The van der Waals surface area contributed by atoms with Gasteiger partial charge in [-0.15, -0.1) is 0 Å². The summed E-state index contributed by atoms with van der Waals surface area (Å²) in [6.45, 7) is 2.96. The van der Waals surface area contributed by atoms with Crippen LogP contribution in [0.4, 0.5) is 5.69 Å². The summed E-state index contributed by atoms with van der Waals surface area (Å²) in [5.74, 6) is -1.25. The zero-order chi connectivity index (χ0) is 13.2. The van der Waals surface area contributed by atoms with Crippen molar-refractivity contribution in [1.29, 1.82) is 0 Å². The molecule has 0 radical (unpaired) electrons. The minimum Gasteiger partial charge on any atom is -0.480 e. The van der Waals surface area contributed by atoms with Crippen molar-refractivity contribution in [3.8, 4) is 0 Å². The highest BCUT2D eigenvalue weighted by molar-refractivity contribution is 7.89. The first-order valence-corrected chi connectivity index (χ1v) is 6.33. The number of nitrogens with one attached hydrogen (secondary N) is 1. The lowest BCUT2D eigenvalue weighted by Crippen LogP contribution is -2.38. The van der Waals surface area contributed by atoms with Gasteiger partial charge in [0.15, 0.2) is 0 Å². The van der Waals surface area contributed by atoms with E-state index in [4.69, 9.17) is 10.8 Å². The van der Waals surface area contributed by atoms with Gasteiger partial charge in [0.2, 0.25) is 10.0 Å². The lowest BCUT2D eigenvalue weighted by atomic mass is 10.2. The average molecular weight is 258 g/mol. The molecule has 17 heavy (non-hydrogen) atoms. The standard InChI is InChI=1S/C10H14N2O4S/c1-6-3-4-8(11)9(5-6)17(15,16)12-7(2)10(13)14/h3-5,7,12H,11H2,1-2H3,(H,13,14)/t7-/m1/s1. The van der Waals surface area contributed by atoms with Gasteiger partial charge >= 0.3 is 5.97 Å². The highest BCUT2D eigenvalue weighted by atomic mass is 32.2. The second-order valence-corrected chi connectivity index (χ2v) is 5.40. The van der Waals surface area contributed by atoms with E-state index in [0.29, 0.717) is 0 Å². The second kappa shape index (κ2) is 4.72. The number of benzene rings is 1. The van der Waals surface area contributed by atoms with Crippen molar-refractivity contribution in [3.63, 3.8) is 0 Å². The Morgan fingerprint density at radius 3 is 2.59 bits per heavy atom. The van der Waals surface area contributed by atoms with Crippen molar-refractivity contribution in [1.82, 2.24) is 4.72 Å². The monoisotopic (exact) mass is 258 g/mol. The molecule has 6 nitrogen and oxygen atoms in total. The fourth-order valence-electron chi connectivity index (χ4n) is 1.22. The smallest absolute Gasteiger partial charge is 0.321 e. The molecule has 0 heterocycles. The summed E-state index contributed by atoms with van der Waals surface area (Å²) in [7, 11) is -3.91. The molecule has 0 saturated heterocycles. The predicted octanol–water partition coefficient (Wildman–Crippen LogP) is 0.329. The first-order chi connectivity index (χ1) is 7.74. The van der Waals surface area contributed by atoms with Crippen molar-refractivity contribution in [2.45, 2.75) is 24.8 Å². The number of carbonyl (C=O) groups is 1. The van der Waals surface area contributed by atoms with Crippen molar-refractivity contribution in [2.24, 2.45) is 0 Å². The van der Waals surface area contributed by atoms with E-state index in [2.05, 4.69) is 0 Å². The SMILES string of the molecule is Cc1ccc(N)c(S(=O)(=O)N[C@H](C)C(=O)O)c1. The van der Waals surface area contributed by atoms with Gasteiger partial charge in [-0.1, -0.05) is 6.07 Å². The van der Waals surface area contributed by atoms with Crippen LogP contribution in [-0.4, -0.2) is 25.5 Å². The number of rotatable bonds is 4. The number of carboxylic acids is 1. The Balaban J connectivity index is 3.13. The molecule has 0 fully saturated rings. The van der Waals surface area contributed by atoms with Crippen LogP contribution in [-0.2, 0) is 14.8 Å². The maximum atomic E-state index is 11.9. The summed E-state index contributed by atoms with van der Waals surface area (Å²) in [6, 6.07) is 3.33. The summed E-state index contributed by atoms with van der Waals surface area (Å²) >= 11 is 0. The van der Waals surface area contributed by atoms with Gasteiger partial charge in [0, 0.05) is 0 Å². The summed E-state index contributed by atoms with van der Waals surface area (Å²) in [5, 5.41) is 8.66. The number of aryl methyl sites for hydroxylation is 1. The van der Waals surface area contributed by atoms with Gasteiger partial charge in [-0.3, -0.25) is 4.79 Å². The molecule has 7 heteroatoms. The minimum absolute atomic E-state index is 0.0840. The number of nitrogens with two attached hydrogens (primary N) is 1. The van der Waals surface area contributed by atoms with Gasteiger partial charge in [-0.2, -0.15) is 4.72 Å². The molecule has 0 aliphatic heterocycles. The van der Waals surface area contributed by atoms with Crippen LogP contribution in [0, 0.1) is 6.92 Å². The van der Waals surface area contributed by atoms with Gasteiger partial charge in [0.1, 0.15) is 10.9 Å². The third-order valence-electron chi connectivity index (χ3n) is 2.16. The largest absolute Gasteiger partial charge is 0.480 e. The van der Waals surface area contributed by atoms with Gasteiger partial charge < -0.3 is 10.8 Å². The van der Waals surface area contributed by atoms with Crippen LogP contribution in [0.1, 0.15) is 12.5 Å². The number of aliphatic carboxylic acids is 1. The predicted molar refractivity (Wildman–Crippen MR) is 63.0 cm³/mol. The van der Waals surface area contributed by atoms with Crippen LogP contribution in [0.2, 0.25) is 0 Å². The molecule has 0 spiro atoms. The Bertz CT molecular complexity index is 539. The third kappa shape index (κ3) is 3.18. The van der Waals surface area contributed by atoms with Crippen LogP contribution >= 0.6 is 0 Å². The zero-order valence-electron chi connectivity index (χ0n) is 9.47. The Hall–Kier alpha value is -1.60. The van der Waals surface area contributed by atoms with E-state index in [1.807, 2.05) is 4.72 Å². The molecule has 4 N–H and O–H groups in total. The van der Waals surface area contributed by atoms with E-state index in [0.717, 1.165) is 5.56 Å². The Morgan fingerprint density at radius 1 is 1.47 bits per heavy atom. The topological polar surface area (TPSA) is 109 Å². The number of nitrogen functional groups attached to an aromatic ring is 1. The average Bonchev–Trinajstić information content (AvgIpc) is 2.20. The number of hydrogen-bond donors (Lipinski definition) is 3. The number of carboxylic acid groups (broad SMARTS) is 1. The fraction of sp³-hybridized carbons (Fsp3) is 0.300. The molecule has 1 atom stereocenters. The molecular weight excluding hydrogens is 244 g/mol. The van der Waals surface area contributed by atoms with Gasteiger partial charge in [0.25, 0.3) is 0 Å². The molecule has 1 aromatic carbocycles. The van der Waals surface area contributed by atoms with Gasteiger partial charge in [-0.25, -0.2) is 8.42 Å². The minimum atomic E-state index is -3.91. The molecule has 1 rings (SSSR count). The first kappa shape index (κ1) is 13.5. The summed E-state index contributed by atoms with van der Waals surface area (Å²) in [4.78, 5) is 10.5. The molecule has 0 saturated carbocycles. The van der Waals surface area contributed by atoms with E-state index >= 15 is 0 Å². The Labute approximate surface area is 99.5 Å². The maximum absolute atomic E-state index is 11.9. The lowest BCUT2D eigenvalue weighted by molar-refractivity contribution is -0.138. The fourth-order valence-corrected chi connectivity index (χ4v) is 2.63. The molecule has 0 unspecified atom stereocenters. The summed E-state index contributed by atoms with van der Waals surface area (Å²) in [6.07, 6.45) is 0. The van der Waals surface area contributed by atoms with Crippen molar-refractivity contribution >= 4 is 21.7 Å². The van der Waals surface area contributed by atoms with Crippen LogP contribution < -0.4 is 10.5 Å². The molecule has 0 aromatic heterocycles. The molecule has 0 amide bonds. The van der Waals surface area contributed by atoms with Crippen LogP contribution in [0.25, 0.3) is 0 Å². The van der Waals surface area contributed by atoms with E-state index in [9.17, 15) is 13.2 Å². The normalized spacial score (nSPS) is 13.3. The molecule has 0 aliphatic carbocycles. The second-order valence-electron chi connectivity index (χ2n) is 3.72. The van der Waals surface area contributed by atoms with Crippen molar-refractivity contribution in [3.05, 3.63) is 23.8 Å². The quantitative estimate of drug-likeness (QED) is 0.674. The molecular formula is C10H14N2O4S. The Kier molecular flexibility index (Phi) is 3.74. The zero-order valence-corrected chi connectivity index (χ0v) is 10.3. The highest BCUT2D eigenvalue weighted by Gasteiger charge is 2.23. The van der Waals surface area contributed by atoms with Crippen LogP contribution in [0.3, 0.4) is 0 Å². The molecule has 0 bridgehead atoms. The van der Waals surface area contributed by atoms with E-state index in [1.54, 1.807) is 13.0 Å². The van der Waals surface area contributed by atoms with Gasteiger partial charge in [0.05, 0.1) is 5.69 Å². The van der Waals surface area contributed by atoms with Crippen LogP contribution in [0.5, 0.6) is 0 Å². The van der Waals surface area contributed by atoms with Crippen molar-refractivity contribution < 1.29 is 18.3 Å². The summed E-state index contributed by atoms with van der Waals surface area (Å²) in [5.41, 5.74) is 6.37. The summed E-state index contributed by atoms with van der Waals surface area (Å²) < 4.78 is 25.8. The van der Waals surface area contributed by atoms with Crippen molar-refractivity contribution in [2.75, 3.05) is 5.73 Å². The first-order valence-electron chi connectivity index (χ1n) is 4.85. The third-order valence-corrected chi connectivity index (χ3v) is 3.76.